The maximum Gasteiger partial charge on any atom is 0.265 e. The van der Waals surface area contributed by atoms with Crippen molar-refractivity contribution < 1.29 is 9.53 Å². The number of rotatable bonds is 3. The number of hydrogen-bond donors (Lipinski definition) is 0. The number of nitrogens with zero attached hydrogens (tertiary/aromatic N) is 3. The average Bonchev–Trinajstić information content (AvgIpc) is 2.88. The average molecular weight is 352 g/mol. The second-order valence-corrected chi connectivity index (χ2v) is 8.16. The first-order chi connectivity index (χ1) is 11.6. The molecular formula is C18H29N3O2S. The van der Waals surface area contributed by atoms with Crippen molar-refractivity contribution in [2.45, 2.75) is 51.5 Å². The quantitative estimate of drug-likeness (QED) is 0.840. The SMILES string of the molecule is CCCc1nc(C)c(C(=O)N2CCN(C)C3(CCOCC3)CC2)s1. The Morgan fingerprint density at radius 3 is 2.71 bits per heavy atom. The van der Waals surface area contributed by atoms with Gasteiger partial charge in [-0.05, 0) is 46.1 Å². The van der Waals surface area contributed by atoms with Crippen molar-refractivity contribution in [2.24, 2.45) is 0 Å². The number of ether oxygens (including phenoxy) is 1. The van der Waals surface area contributed by atoms with E-state index in [-0.39, 0.29) is 11.4 Å². The third-order valence-electron chi connectivity index (χ3n) is 5.57. The van der Waals surface area contributed by atoms with E-state index in [0.717, 1.165) is 80.5 Å². The van der Waals surface area contributed by atoms with E-state index in [1.165, 1.54) is 0 Å². The molecule has 0 saturated carbocycles. The number of aryl methyl sites for hydroxylation is 2. The molecule has 3 rings (SSSR count). The van der Waals surface area contributed by atoms with E-state index in [1.54, 1.807) is 11.3 Å². The zero-order valence-electron chi connectivity index (χ0n) is 15.1. The Bertz CT molecular complexity index is 581. The predicted octanol–water partition coefficient (Wildman–Crippen LogP) is 2.73. The normalized spacial score (nSPS) is 21.9. The molecule has 134 valence electrons. The molecule has 0 radical (unpaired) electrons. The van der Waals surface area contributed by atoms with Crippen molar-refractivity contribution in [3.8, 4) is 0 Å². The summed E-state index contributed by atoms with van der Waals surface area (Å²) in [5, 5.41) is 1.09. The van der Waals surface area contributed by atoms with Crippen LogP contribution in [0.25, 0.3) is 0 Å². The first kappa shape index (κ1) is 17.8. The molecular weight excluding hydrogens is 322 g/mol. The number of thiazole rings is 1. The molecule has 1 aromatic rings. The molecule has 6 heteroatoms. The fraction of sp³-hybridized carbons (Fsp3) is 0.778. The van der Waals surface area contributed by atoms with E-state index >= 15 is 0 Å². The number of carbonyl (C=O) groups excluding carboxylic acids is 1. The molecule has 2 saturated heterocycles. The summed E-state index contributed by atoms with van der Waals surface area (Å²) in [5.74, 6) is 0.171. The number of amides is 1. The van der Waals surface area contributed by atoms with Crippen LogP contribution in [0.2, 0.25) is 0 Å². The Morgan fingerprint density at radius 2 is 2.00 bits per heavy atom. The van der Waals surface area contributed by atoms with E-state index < -0.39 is 0 Å². The zero-order chi connectivity index (χ0) is 17.2. The van der Waals surface area contributed by atoms with Crippen LogP contribution in [0.4, 0.5) is 0 Å². The summed E-state index contributed by atoms with van der Waals surface area (Å²) in [4.78, 5) is 22.9. The first-order valence-electron chi connectivity index (χ1n) is 9.10. The van der Waals surface area contributed by atoms with Crippen molar-refractivity contribution in [2.75, 3.05) is 39.9 Å². The fourth-order valence-corrected chi connectivity index (χ4v) is 4.99. The van der Waals surface area contributed by atoms with Crippen molar-refractivity contribution in [1.29, 1.82) is 0 Å². The Balaban J connectivity index is 1.72. The van der Waals surface area contributed by atoms with Crippen molar-refractivity contribution in [3.05, 3.63) is 15.6 Å². The second kappa shape index (κ2) is 7.50. The number of likely N-dealkylation sites (N-methyl/N-ethyl adjacent to an activating group) is 1. The van der Waals surface area contributed by atoms with Crippen LogP contribution in [0.5, 0.6) is 0 Å². The molecule has 0 aliphatic carbocycles. The minimum absolute atomic E-state index is 0.171. The highest BCUT2D eigenvalue weighted by Crippen LogP contribution is 2.33. The van der Waals surface area contributed by atoms with Gasteiger partial charge in [0.2, 0.25) is 0 Å². The summed E-state index contributed by atoms with van der Waals surface area (Å²) >= 11 is 1.58. The van der Waals surface area contributed by atoms with Crippen LogP contribution in [-0.4, -0.2) is 66.1 Å². The van der Waals surface area contributed by atoms with Gasteiger partial charge in [0.15, 0.2) is 0 Å². The highest BCUT2D eigenvalue weighted by atomic mass is 32.1. The van der Waals surface area contributed by atoms with Crippen LogP contribution in [0, 0.1) is 6.92 Å². The lowest BCUT2D eigenvalue weighted by Crippen LogP contribution is -2.50. The summed E-state index contributed by atoms with van der Waals surface area (Å²) in [6.07, 6.45) is 5.22. The molecule has 2 fully saturated rings. The molecule has 1 amide bonds. The van der Waals surface area contributed by atoms with Gasteiger partial charge in [0.05, 0.1) is 10.7 Å². The minimum Gasteiger partial charge on any atom is -0.381 e. The molecule has 0 bridgehead atoms. The largest absolute Gasteiger partial charge is 0.381 e. The van der Waals surface area contributed by atoms with Crippen LogP contribution in [0.1, 0.15) is 53.0 Å². The zero-order valence-corrected chi connectivity index (χ0v) is 16.0. The third kappa shape index (κ3) is 3.51. The lowest BCUT2D eigenvalue weighted by Gasteiger charge is -2.43. The van der Waals surface area contributed by atoms with Crippen LogP contribution in [-0.2, 0) is 11.2 Å². The molecule has 0 unspecified atom stereocenters. The monoisotopic (exact) mass is 351 g/mol. The molecule has 0 atom stereocenters. The predicted molar refractivity (Wildman–Crippen MR) is 96.8 cm³/mol. The van der Waals surface area contributed by atoms with Gasteiger partial charge in [-0.3, -0.25) is 9.69 Å². The first-order valence-corrected chi connectivity index (χ1v) is 9.92. The van der Waals surface area contributed by atoms with Gasteiger partial charge in [0, 0.05) is 38.4 Å². The Hall–Kier alpha value is -0.980. The number of carbonyl (C=O) groups is 1. The summed E-state index contributed by atoms with van der Waals surface area (Å²) in [6, 6.07) is 0. The summed E-state index contributed by atoms with van der Waals surface area (Å²) in [5.41, 5.74) is 1.11. The molecule has 24 heavy (non-hydrogen) atoms. The lowest BCUT2D eigenvalue weighted by atomic mass is 9.85. The van der Waals surface area contributed by atoms with Crippen LogP contribution in [0.15, 0.2) is 0 Å². The van der Waals surface area contributed by atoms with Crippen LogP contribution in [0.3, 0.4) is 0 Å². The Kier molecular flexibility index (Phi) is 5.57. The molecule has 3 heterocycles. The van der Waals surface area contributed by atoms with Gasteiger partial charge >= 0.3 is 0 Å². The maximum atomic E-state index is 13.0. The molecule has 5 nitrogen and oxygen atoms in total. The van der Waals surface area contributed by atoms with E-state index in [0.29, 0.717) is 0 Å². The minimum atomic E-state index is 0.171. The van der Waals surface area contributed by atoms with Gasteiger partial charge in [0.1, 0.15) is 4.88 Å². The van der Waals surface area contributed by atoms with Crippen LogP contribution < -0.4 is 0 Å². The number of aromatic nitrogens is 1. The molecule has 2 aliphatic rings. The van der Waals surface area contributed by atoms with E-state index in [1.807, 2.05) is 11.8 Å². The van der Waals surface area contributed by atoms with Gasteiger partial charge in [0.25, 0.3) is 5.91 Å². The summed E-state index contributed by atoms with van der Waals surface area (Å²) < 4.78 is 5.56. The summed E-state index contributed by atoms with van der Waals surface area (Å²) in [6.45, 7) is 8.37. The van der Waals surface area contributed by atoms with E-state index in [2.05, 4.69) is 23.9 Å². The molecule has 2 aliphatic heterocycles. The van der Waals surface area contributed by atoms with Crippen molar-refractivity contribution in [3.63, 3.8) is 0 Å². The Morgan fingerprint density at radius 1 is 1.25 bits per heavy atom. The summed E-state index contributed by atoms with van der Waals surface area (Å²) in [7, 11) is 2.20. The molecule has 0 aromatic carbocycles. The van der Waals surface area contributed by atoms with Gasteiger partial charge in [-0.1, -0.05) is 6.92 Å². The topological polar surface area (TPSA) is 45.7 Å². The second-order valence-electron chi connectivity index (χ2n) is 7.07. The highest BCUT2D eigenvalue weighted by Gasteiger charge is 2.39. The lowest BCUT2D eigenvalue weighted by molar-refractivity contribution is -0.0158. The van der Waals surface area contributed by atoms with Gasteiger partial charge in [-0.2, -0.15) is 0 Å². The van der Waals surface area contributed by atoms with Crippen LogP contribution >= 0.6 is 11.3 Å². The molecule has 1 aromatic heterocycles. The van der Waals surface area contributed by atoms with Gasteiger partial charge in [-0.25, -0.2) is 4.98 Å². The molecule has 1 spiro atoms. The standard InChI is InChI=1S/C18H29N3O2S/c1-4-5-15-19-14(2)16(24-15)17(22)21-9-6-18(20(3)10-11-21)7-12-23-13-8-18/h4-13H2,1-3H3. The smallest absolute Gasteiger partial charge is 0.265 e. The van der Waals surface area contributed by atoms with Crippen molar-refractivity contribution >= 4 is 17.2 Å². The van der Waals surface area contributed by atoms with E-state index in [9.17, 15) is 4.79 Å². The van der Waals surface area contributed by atoms with Crippen molar-refractivity contribution in [1.82, 2.24) is 14.8 Å². The highest BCUT2D eigenvalue weighted by molar-refractivity contribution is 7.13. The maximum absolute atomic E-state index is 13.0. The molecule has 0 N–H and O–H groups in total. The van der Waals surface area contributed by atoms with Gasteiger partial charge in [-0.15, -0.1) is 11.3 Å². The van der Waals surface area contributed by atoms with E-state index in [4.69, 9.17) is 4.74 Å². The fourth-order valence-electron chi connectivity index (χ4n) is 3.85. The number of hydrogen-bond acceptors (Lipinski definition) is 5. The van der Waals surface area contributed by atoms with Gasteiger partial charge < -0.3 is 9.64 Å². The third-order valence-corrected chi connectivity index (χ3v) is 6.78. The Labute approximate surface area is 149 Å².